The standard InChI is InChI=1S/C15H21N3O2S.ClH/c1-11(19)13-2-3-14(21-13)15(20)18-7-4-12(10-18)17-8-5-16-6-9-17;/h2-3,12,16H,4-10H2,1H3;1H. The van der Waals surface area contributed by atoms with Crippen LogP contribution in [-0.4, -0.2) is 66.8 Å². The molecule has 0 aromatic carbocycles. The summed E-state index contributed by atoms with van der Waals surface area (Å²) in [6, 6.07) is 4.02. The van der Waals surface area contributed by atoms with Gasteiger partial charge in [0.1, 0.15) is 0 Å². The normalized spacial score (nSPS) is 22.4. The number of halogens is 1. The SMILES string of the molecule is CC(=O)c1ccc(C(=O)N2CCC(N3CCNCC3)C2)s1.Cl. The average Bonchev–Trinajstić information content (AvgIpc) is 3.17. The van der Waals surface area contributed by atoms with E-state index in [9.17, 15) is 9.59 Å². The second kappa shape index (κ2) is 7.55. The number of carbonyl (C=O) groups is 2. The summed E-state index contributed by atoms with van der Waals surface area (Å²) in [5.74, 6) is 0.101. The van der Waals surface area contributed by atoms with Crippen molar-refractivity contribution in [3.8, 4) is 0 Å². The van der Waals surface area contributed by atoms with E-state index in [1.807, 2.05) is 4.90 Å². The minimum atomic E-state index is 0. The summed E-state index contributed by atoms with van der Waals surface area (Å²) < 4.78 is 0. The molecule has 122 valence electrons. The highest BCUT2D eigenvalue weighted by Gasteiger charge is 2.31. The number of amides is 1. The van der Waals surface area contributed by atoms with Gasteiger partial charge in [-0.3, -0.25) is 14.5 Å². The topological polar surface area (TPSA) is 52.7 Å². The van der Waals surface area contributed by atoms with Crippen molar-refractivity contribution in [3.05, 3.63) is 21.9 Å². The predicted molar refractivity (Wildman–Crippen MR) is 90.3 cm³/mol. The predicted octanol–water partition coefficient (Wildman–Crippen LogP) is 1.49. The number of hydrogen-bond donors (Lipinski definition) is 1. The Morgan fingerprint density at radius 3 is 2.50 bits per heavy atom. The quantitative estimate of drug-likeness (QED) is 0.845. The van der Waals surface area contributed by atoms with Crippen LogP contribution in [0.15, 0.2) is 12.1 Å². The van der Waals surface area contributed by atoms with Crippen molar-refractivity contribution in [1.29, 1.82) is 0 Å². The molecule has 2 aliphatic rings. The van der Waals surface area contributed by atoms with Gasteiger partial charge in [-0.15, -0.1) is 23.7 Å². The van der Waals surface area contributed by atoms with Crippen molar-refractivity contribution in [3.63, 3.8) is 0 Å². The van der Waals surface area contributed by atoms with Crippen molar-refractivity contribution in [2.75, 3.05) is 39.3 Å². The summed E-state index contributed by atoms with van der Waals surface area (Å²) in [5.41, 5.74) is 0. The Balaban J connectivity index is 0.00000176. The van der Waals surface area contributed by atoms with Crippen LogP contribution in [0.3, 0.4) is 0 Å². The van der Waals surface area contributed by atoms with Gasteiger partial charge in [0.15, 0.2) is 5.78 Å². The number of rotatable bonds is 3. The first-order chi connectivity index (χ1) is 10.1. The number of ketones is 1. The lowest BCUT2D eigenvalue weighted by Gasteiger charge is -2.32. The first kappa shape index (κ1) is 17.4. The molecule has 1 atom stereocenters. The number of nitrogens with one attached hydrogen (secondary N) is 1. The highest BCUT2D eigenvalue weighted by atomic mass is 35.5. The zero-order valence-corrected chi connectivity index (χ0v) is 14.3. The van der Waals surface area contributed by atoms with Crippen molar-refractivity contribution in [1.82, 2.24) is 15.1 Å². The van der Waals surface area contributed by atoms with E-state index < -0.39 is 0 Å². The van der Waals surface area contributed by atoms with Gasteiger partial charge in [-0.05, 0) is 25.5 Å². The van der Waals surface area contributed by atoms with Gasteiger partial charge in [0.2, 0.25) is 0 Å². The number of piperazine rings is 1. The fourth-order valence-corrected chi connectivity index (χ4v) is 3.94. The van der Waals surface area contributed by atoms with Crippen LogP contribution in [0.25, 0.3) is 0 Å². The Bertz CT molecular complexity index is 543. The van der Waals surface area contributed by atoms with Gasteiger partial charge < -0.3 is 10.2 Å². The molecule has 1 aromatic heterocycles. The molecule has 1 unspecified atom stereocenters. The average molecular weight is 344 g/mol. The first-order valence-corrected chi connectivity index (χ1v) is 8.31. The van der Waals surface area contributed by atoms with E-state index in [-0.39, 0.29) is 24.1 Å². The van der Waals surface area contributed by atoms with Crippen molar-refractivity contribution in [2.24, 2.45) is 0 Å². The lowest BCUT2D eigenvalue weighted by molar-refractivity contribution is 0.0778. The fourth-order valence-electron chi connectivity index (χ4n) is 3.07. The van der Waals surface area contributed by atoms with Gasteiger partial charge in [0, 0.05) is 45.3 Å². The van der Waals surface area contributed by atoms with E-state index in [2.05, 4.69) is 10.2 Å². The maximum atomic E-state index is 12.5. The summed E-state index contributed by atoms with van der Waals surface area (Å²) in [6.45, 7) is 7.39. The number of Topliss-reactive ketones (excluding diaryl/α,β-unsaturated/α-hetero) is 1. The molecule has 2 saturated heterocycles. The Hall–Kier alpha value is -0.950. The molecule has 0 spiro atoms. The minimum Gasteiger partial charge on any atom is -0.336 e. The van der Waals surface area contributed by atoms with Crippen LogP contribution in [-0.2, 0) is 0 Å². The van der Waals surface area contributed by atoms with E-state index in [0.717, 1.165) is 45.7 Å². The van der Waals surface area contributed by atoms with E-state index >= 15 is 0 Å². The molecule has 1 amide bonds. The van der Waals surface area contributed by atoms with E-state index in [4.69, 9.17) is 0 Å². The molecule has 1 aromatic rings. The third-order valence-electron chi connectivity index (χ3n) is 4.28. The van der Waals surface area contributed by atoms with Crippen molar-refractivity contribution < 1.29 is 9.59 Å². The first-order valence-electron chi connectivity index (χ1n) is 7.50. The summed E-state index contributed by atoms with van der Waals surface area (Å²) >= 11 is 1.31. The second-order valence-corrected chi connectivity index (χ2v) is 6.78. The highest BCUT2D eigenvalue weighted by Crippen LogP contribution is 2.23. The fraction of sp³-hybridized carbons (Fsp3) is 0.600. The van der Waals surface area contributed by atoms with Gasteiger partial charge in [0.25, 0.3) is 5.91 Å². The molecule has 5 nitrogen and oxygen atoms in total. The molecule has 0 bridgehead atoms. The van der Waals surface area contributed by atoms with Gasteiger partial charge >= 0.3 is 0 Å². The van der Waals surface area contributed by atoms with Crippen molar-refractivity contribution in [2.45, 2.75) is 19.4 Å². The second-order valence-electron chi connectivity index (χ2n) is 5.70. The number of hydrogen-bond acceptors (Lipinski definition) is 5. The van der Waals surface area contributed by atoms with E-state index in [1.54, 1.807) is 12.1 Å². The highest BCUT2D eigenvalue weighted by molar-refractivity contribution is 7.15. The van der Waals surface area contributed by atoms with Crippen LogP contribution < -0.4 is 5.32 Å². The molecule has 3 rings (SSSR count). The minimum absolute atomic E-state index is 0. The van der Waals surface area contributed by atoms with Crippen LogP contribution in [0.2, 0.25) is 0 Å². The monoisotopic (exact) mass is 343 g/mol. The van der Waals surface area contributed by atoms with Crippen LogP contribution in [0.4, 0.5) is 0 Å². The summed E-state index contributed by atoms with van der Waals surface area (Å²) in [5, 5.41) is 3.36. The Labute approximate surface area is 141 Å². The smallest absolute Gasteiger partial charge is 0.263 e. The molecule has 0 aliphatic carbocycles. The molecule has 0 saturated carbocycles. The zero-order valence-electron chi connectivity index (χ0n) is 12.7. The summed E-state index contributed by atoms with van der Waals surface area (Å²) in [7, 11) is 0. The number of nitrogens with zero attached hydrogens (tertiary/aromatic N) is 2. The Morgan fingerprint density at radius 2 is 1.86 bits per heavy atom. The van der Waals surface area contributed by atoms with Crippen LogP contribution in [0.5, 0.6) is 0 Å². The van der Waals surface area contributed by atoms with Gasteiger partial charge in [-0.1, -0.05) is 0 Å². The lowest BCUT2D eigenvalue weighted by Crippen LogP contribution is -2.49. The molecule has 22 heavy (non-hydrogen) atoms. The van der Waals surface area contributed by atoms with Crippen LogP contribution in [0, 0.1) is 0 Å². The zero-order chi connectivity index (χ0) is 14.8. The van der Waals surface area contributed by atoms with Gasteiger partial charge in [-0.2, -0.15) is 0 Å². The third kappa shape index (κ3) is 3.68. The molecule has 2 aliphatic heterocycles. The molecular weight excluding hydrogens is 322 g/mol. The van der Waals surface area contributed by atoms with Crippen LogP contribution in [0.1, 0.15) is 32.7 Å². The molecule has 3 heterocycles. The maximum Gasteiger partial charge on any atom is 0.263 e. The Kier molecular flexibility index (Phi) is 5.97. The molecular formula is C15H22ClN3O2S. The molecule has 7 heteroatoms. The molecule has 1 N–H and O–H groups in total. The largest absolute Gasteiger partial charge is 0.336 e. The number of likely N-dealkylation sites (tertiary alicyclic amines) is 1. The summed E-state index contributed by atoms with van der Waals surface area (Å²) in [6.07, 6.45) is 1.05. The molecule has 2 fully saturated rings. The van der Waals surface area contributed by atoms with E-state index in [0.29, 0.717) is 15.8 Å². The molecule has 0 radical (unpaired) electrons. The third-order valence-corrected chi connectivity index (χ3v) is 5.46. The van der Waals surface area contributed by atoms with E-state index in [1.165, 1.54) is 18.3 Å². The van der Waals surface area contributed by atoms with Crippen molar-refractivity contribution >= 4 is 35.4 Å². The maximum absolute atomic E-state index is 12.5. The number of thiophene rings is 1. The lowest BCUT2D eigenvalue weighted by atomic mass is 10.2. The van der Waals surface area contributed by atoms with Crippen LogP contribution >= 0.6 is 23.7 Å². The summed E-state index contributed by atoms with van der Waals surface area (Å²) in [4.78, 5) is 29.6. The Morgan fingerprint density at radius 1 is 1.18 bits per heavy atom. The van der Waals surface area contributed by atoms with Gasteiger partial charge in [0.05, 0.1) is 9.75 Å². The number of carbonyl (C=O) groups excluding carboxylic acids is 2. The van der Waals surface area contributed by atoms with Gasteiger partial charge in [-0.25, -0.2) is 0 Å².